The van der Waals surface area contributed by atoms with Crippen LogP contribution in [0.15, 0.2) is 30.6 Å². The number of pyridine rings is 1. The van der Waals surface area contributed by atoms with E-state index in [0.29, 0.717) is 18.9 Å². The van der Waals surface area contributed by atoms with Crippen molar-refractivity contribution in [3.63, 3.8) is 0 Å². The molecule has 1 saturated carbocycles. The third kappa shape index (κ3) is 3.91. The zero-order chi connectivity index (χ0) is 19.6. The van der Waals surface area contributed by atoms with Gasteiger partial charge in [0.05, 0.1) is 24.9 Å². The summed E-state index contributed by atoms with van der Waals surface area (Å²) in [5, 5.41) is 11.8. The highest BCUT2D eigenvalue weighted by Gasteiger charge is 2.49. The minimum absolute atomic E-state index is 0.00985. The summed E-state index contributed by atoms with van der Waals surface area (Å²) in [5.74, 6) is 0.526. The van der Waals surface area contributed by atoms with E-state index in [1.54, 1.807) is 24.4 Å². The standard InChI is InChI=1S/C21H27N5O3/c27-21(16-8-4-5-9-22-16)23-17-12-28-20-18(13-29-19(17)20)26-11-15(24-25-26)10-14-6-2-1-3-7-14/h4-5,8-9,11,14,17-20H,1-3,6-7,10,12-13H2,(H,23,27). The highest BCUT2D eigenvalue weighted by atomic mass is 16.6. The summed E-state index contributed by atoms with van der Waals surface area (Å²) in [7, 11) is 0. The molecule has 1 N–H and O–H groups in total. The van der Waals surface area contributed by atoms with Gasteiger partial charge in [-0.05, 0) is 24.5 Å². The largest absolute Gasteiger partial charge is 0.371 e. The quantitative estimate of drug-likeness (QED) is 0.829. The van der Waals surface area contributed by atoms with E-state index in [0.717, 1.165) is 18.0 Å². The molecule has 3 aliphatic rings. The summed E-state index contributed by atoms with van der Waals surface area (Å²) in [4.78, 5) is 16.5. The van der Waals surface area contributed by atoms with Gasteiger partial charge >= 0.3 is 0 Å². The fraction of sp³-hybridized carbons (Fsp3) is 0.619. The van der Waals surface area contributed by atoms with E-state index < -0.39 is 0 Å². The van der Waals surface area contributed by atoms with Gasteiger partial charge in [-0.15, -0.1) is 5.10 Å². The van der Waals surface area contributed by atoms with E-state index in [1.165, 1.54) is 32.1 Å². The number of aromatic nitrogens is 4. The van der Waals surface area contributed by atoms with Crippen molar-refractivity contribution in [2.75, 3.05) is 13.2 Å². The maximum absolute atomic E-state index is 12.4. The van der Waals surface area contributed by atoms with Gasteiger partial charge in [-0.3, -0.25) is 9.78 Å². The Kier molecular flexibility index (Phi) is 5.28. The zero-order valence-corrected chi connectivity index (χ0v) is 16.4. The van der Waals surface area contributed by atoms with Crippen LogP contribution in [0.1, 0.15) is 54.3 Å². The number of nitrogens with zero attached hydrogens (tertiary/aromatic N) is 4. The van der Waals surface area contributed by atoms with Gasteiger partial charge in [0.1, 0.15) is 23.9 Å². The lowest BCUT2D eigenvalue weighted by atomic mass is 9.86. The first-order valence-corrected chi connectivity index (χ1v) is 10.6. The molecule has 2 aromatic rings. The first-order valence-electron chi connectivity index (χ1n) is 10.6. The second-order valence-corrected chi connectivity index (χ2v) is 8.36. The monoisotopic (exact) mass is 397 g/mol. The van der Waals surface area contributed by atoms with Crippen molar-refractivity contribution in [2.24, 2.45) is 5.92 Å². The first kappa shape index (κ1) is 18.7. The molecule has 8 heteroatoms. The fourth-order valence-electron chi connectivity index (χ4n) is 4.83. The Morgan fingerprint density at radius 3 is 2.83 bits per heavy atom. The molecule has 1 amide bonds. The molecule has 29 heavy (non-hydrogen) atoms. The maximum atomic E-state index is 12.4. The minimum atomic E-state index is -0.206. The smallest absolute Gasteiger partial charge is 0.270 e. The van der Waals surface area contributed by atoms with Gasteiger partial charge in [0.2, 0.25) is 0 Å². The van der Waals surface area contributed by atoms with Crippen LogP contribution in [-0.4, -0.2) is 57.3 Å². The van der Waals surface area contributed by atoms with Crippen LogP contribution in [0, 0.1) is 5.92 Å². The highest BCUT2D eigenvalue weighted by molar-refractivity contribution is 5.92. The summed E-state index contributed by atoms with van der Waals surface area (Å²) in [5.41, 5.74) is 1.45. The van der Waals surface area contributed by atoms with Crippen molar-refractivity contribution in [2.45, 2.75) is 62.8 Å². The second kappa shape index (κ2) is 8.20. The summed E-state index contributed by atoms with van der Waals surface area (Å²) in [6.45, 7) is 0.936. The van der Waals surface area contributed by atoms with Crippen molar-refractivity contribution in [1.82, 2.24) is 25.3 Å². The molecule has 8 nitrogen and oxygen atoms in total. The number of nitrogens with one attached hydrogen (secondary N) is 1. The molecule has 154 valence electrons. The molecule has 1 aliphatic carbocycles. The molecule has 4 unspecified atom stereocenters. The average molecular weight is 397 g/mol. The van der Waals surface area contributed by atoms with Crippen molar-refractivity contribution in [1.29, 1.82) is 0 Å². The summed E-state index contributed by atoms with van der Waals surface area (Å²) in [6.07, 6.45) is 11.0. The second-order valence-electron chi connectivity index (χ2n) is 8.36. The zero-order valence-electron chi connectivity index (χ0n) is 16.4. The number of hydrogen-bond donors (Lipinski definition) is 1. The van der Waals surface area contributed by atoms with Gasteiger partial charge in [-0.2, -0.15) is 0 Å². The SMILES string of the molecule is O=C(NC1COC2C1OCC2n1cc(CC2CCCCC2)nn1)c1ccccn1. The van der Waals surface area contributed by atoms with Crippen LogP contribution in [0.4, 0.5) is 0 Å². The minimum Gasteiger partial charge on any atom is -0.371 e. The van der Waals surface area contributed by atoms with Gasteiger partial charge in [0.25, 0.3) is 5.91 Å². The lowest BCUT2D eigenvalue weighted by Crippen LogP contribution is -2.44. The van der Waals surface area contributed by atoms with Crippen molar-refractivity contribution in [3.8, 4) is 0 Å². The summed E-state index contributed by atoms with van der Waals surface area (Å²) >= 11 is 0. The van der Waals surface area contributed by atoms with Crippen LogP contribution in [0.2, 0.25) is 0 Å². The van der Waals surface area contributed by atoms with Crippen LogP contribution < -0.4 is 5.32 Å². The number of carbonyl (C=O) groups is 1. The Bertz CT molecular complexity index is 836. The Morgan fingerprint density at radius 2 is 2.00 bits per heavy atom. The van der Waals surface area contributed by atoms with Crippen LogP contribution in [0.5, 0.6) is 0 Å². The highest BCUT2D eigenvalue weighted by Crippen LogP contribution is 2.34. The number of fused-ring (bicyclic) bond motifs is 1. The Balaban J connectivity index is 1.21. The van der Waals surface area contributed by atoms with Gasteiger partial charge in [-0.1, -0.05) is 43.4 Å². The predicted molar refractivity (Wildman–Crippen MR) is 104 cm³/mol. The van der Waals surface area contributed by atoms with E-state index in [9.17, 15) is 4.79 Å². The van der Waals surface area contributed by atoms with Gasteiger partial charge in [0, 0.05) is 12.4 Å². The van der Waals surface area contributed by atoms with Crippen LogP contribution in [-0.2, 0) is 15.9 Å². The number of carbonyl (C=O) groups excluding carboxylic acids is 1. The molecule has 4 atom stereocenters. The molecule has 5 rings (SSSR count). The van der Waals surface area contributed by atoms with Crippen LogP contribution >= 0.6 is 0 Å². The Hall–Kier alpha value is -2.32. The number of amides is 1. The maximum Gasteiger partial charge on any atom is 0.270 e. The third-order valence-corrected chi connectivity index (χ3v) is 6.36. The van der Waals surface area contributed by atoms with Gasteiger partial charge in [0.15, 0.2) is 0 Å². The fourth-order valence-corrected chi connectivity index (χ4v) is 4.83. The van der Waals surface area contributed by atoms with E-state index >= 15 is 0 Å². The molecular weight excluding hydrogens is 370 g/mol. The molecule has 2 aliphatic heterocycles. The van der Waals surface area contributed by atoms with Crippen LogP contribution in [0.25, 0.3) is 0 Å². The molecule has 0 aromatic carbocycles. The Morgan fingerprint density at radius 1 is 1.14 bits per heavy atom. The summed E-state index contributed by atoms with van der Waals surface area (Å²) < 4.78 is 13.9. The van der Waals surface area contributed by atoms with E-state index in [1.807, 2.05) is 10.9 Å². The first-order chi connectivity index (χ1) is 14.3. The number of hydrogen-bond acceptors (Lipinski definition) is 6. The number of rotatable bonds is 5. The molecule has 2 saturated heterocycles. The van der Waals surface area contributed by atoms with E-state index in [4.69, 9.17) is 9.47 Å². The molecule has 2 aromatic heterocycles. The molecule has 0 radical (unpaired) electrons. The lowest BCUT2D eigenvalue weighted by molar-refractivity contribution is 0.0613. The van der Waals surface area contributed by atoms with Gasteiger partial charge < -0.3 is 14.8 Å². The summed E-state index contributed by atoms with van der Waals surface area (Å²) in [6, 6.07) is 5.09. The normalized spacial score (nSPS) is 29.7. The van der Waals surface area contributed by atoms with Crippen LogP contribution in [0.3, 0.4) is 0 Å². The van der Waals surface area contributed by atoms with E-state index in [-0.39, 0.29) is 30.2 Å². The molecule has 4 heterocycles. The van der Waals surface area contributed by atoms with Crippen molar-refractivity contribution in [3.05, 3.63) is 42.0 Å². The van der Waals surface area contributed by atoms with Crippen molar-refractivity contribution < 1.29 is 14.3 Å². The van der Waals surface area contributed by atoms with Crippen molar-refractivity contribution >= 4 is 5.91 Å². The molecular formula is C21H27N5O3. The molecule has 0 spiro atoms. The van der Waals surface area contributed by atoms with E-state index in [2.05, 4.69) is 20.6 Å². The molecule has 0 bridgehead atoms. The Labute approximate surface area is 170 Å². The predicted octanol–water partition coefficient (Wildman–Crippen LogP) is 1.93. The number of ether oxygens (including phenoxy) is 2. The topological polar surface area (TPSA) is 91.2 Å². The lowest BCUT2D eigenvalue weighted by Gasteiger charge is -2.20. The average Bonchev–Trinajstić information content (AvgIpc) is 3.47. The third-order valence-electron chi connectivity index (χ3n) is 6.36. The van der Waals surface area contributed by atoms with Gasteiger partial charge in [-0.25, -0.2) is 4.68 Å². The molecule has 3 fully saturated rings.